The van der Waals surface area contributed by atoms with Gasteiger partial charge in [0.05, 0.1) is 7.11 Å². The molecule has 15 heavy (non-hydrogen) atoms. The summed E-state index contributed by atoms with van der Waals surface area (Å²) >= 11 is 0. The molecule has 2 rings (SSSR count). The summed E-state index contributed by atoms with van der Waals surface area (Å²) in [5, 5.41) is 6.87. The lowest BCUT2D eigenvalue weighted by molar-refractivity contribution is 0.414. The van der Waals surface area contributed by atoms with Gasteiger partial charge in [0.2, 0.25) is 0 Å². The molecule has 0 radical (unpaired) electrons. The zero-order valence-corrected chi connectivity index (χ0v) is 8.73. The van der Waals surface area contributed by atoms with Crippen molar-refractivity contribution < 1.29 is 4.74 Å². The van der Waals surface area contributed by atoms with Crippen molar-refractivity contribution in [2.75, 3.05) is 7.11 Å². The largest absolute Gasteiger partial charge is 0.497 e. The predicted octanol–water partition coefficient (Wildman–Crippen LogP) is 2.20. The monoisotopic (exact) mass is 202 g/mol. The van der Waals surface area contributed by atoms with E-state index in [0.29, 0.717) is 0 Å². The quantitative estimate of drug-likeness (QED) is 0.825. The van der Waals surface area contributed by atoms with Gasteiger partial charge in [0, 0.05) is 11.9 Å². The molecule has 3 nitrogen and oxygen atoms in total. The maximum absolute atomic E-state index is 5.17. The van der Waals surface area contributed by atoms with E-state index < -0.39 is 0 Å². The predicted molar refractivity (Wildman–Crippen MR) is 59.0 cm³/mol. The molecule has 0 atom stereocenters. The van der Waals surface area contributed by atoms with Crippen molar-refractivity contribution in [3.63, 3.8) is 0 Å². The van der Waals surface area contributed by atoms with E-state index in [2.05, 4.69) is 22.3 Å². The molecule has 0 saturated carbocycles. The van der Waals surface area contributed by atoms with Crippen LogP contribution >= 0.6 is 0 Å². The number of ether oxygens (including phenoxy) is 1. The summed E-state index contributed by atoms with van der Waals surface area (Å²) in [5.74, 6) is 0.914. The summed E-state index contributed by atoms with van der Waals surface area (Å²) in [6, 6.07) is 10.1. The van der Waals surface area contributed by atoms with Crippen LogP contribution in [0, 0.1) is 0 Å². The molecule has 0 spiro atoms. The van der Waals surface area contributed by atoms with Crippen molar-refractivity contribution >= 4 is 0 Å². The van der Waals surface area contributed by atoms with Gasteiger partial charge >= 0.3 is 0 Å². The number of aryl methyl sites for hydroxylation is 2. The molecule has 0 aliphatic rings. The van der Waals surface area contributed by atoms with Crippen LogP contribution in [0.5, 0.6) is 5.75 Å². The Morgan fingerprint density at radius 2 is 2.20 bits per heavy atom. The van der Waals surface area contributed by atoms with Crippen molar-refractivity contribution in [1.82, 2.24) is 10.2 Å². The van der Waals surface area contributed by atoms with Gasteiger partial charge in [-0.05, 0) is 36.6 Å². The van der Waals surface area contributed by atoms with Crippen LogP contribution in [-0.4, -0.2) is 17.3 Å². The minimum atomic E-state index is 0.914. The van der Waals surface area contributed by atoms with Crippen LogP contribution in [0.4, 0.5) is 0 Å². The topological polar surface area (TPSA) is 37.9 Å². The Kier molecular flexibility index (Phi) is 3.02. The van der Waals surface area contributed by atoms with Crippen LogP contribution < -0.4 is 4.74 Å². The highest BCUT2D eigenvalue weighted by molar-refractivity contribution is 5.28. The van der Waals surface area contributed by atoms with Crippen LogP contribution in [0.2, 0.25) is 0 Å². The zero-order valence-electron chi connectivity index (χ0n) is 8.73. The normalized spacial score (nSPS) is 10.2. The second kappa shape index (κ2) is 4.64. The van der Waals surface area contributed by atoms with Crippen molar-refractivity contribution in [1.29, 1.82) is 0 Å². The Labute approximate surface area is 89.1 Å². The van der Waals surface area contributed by atoms with Crippen molar-refractivity contribution in [2.45, 2.75) is 12.8 Å². The summed E-state index contributed by atoms with van der Waals surface area (Å²) in [7, 11) is 1.69. The van der Waals surface area contributed by atoms with Gasteiger partial charge in [0.15, 0.2) is 0 Å². The number of hydrogen-bond acceptors (Lipinski definition) is 2. The molecule has 2 aromatic rings. The van der Waals surface area contributed by atoms with Gasteiger partial charge in [-0.3, -0.25) is 5.10 Å². The molecule has 0 fully saturated rings. The first kappa shape index (κ1) is 9.77. The first-order valence-electron chi connectivity index (χ1n) is 4.99. The SMILES string of the molecule is COc1cccc(CCc2ccn[nH]2)c1. The lowest BCUT2D eigenvalue weighted by Gasteiger charge is -2.03. The lowest BCUT2D eigenvalue weighted by Crippen LogP contribution is -1.92. The molecule has 0 aliphatic carbocycles. The minimum absolute atomic E-state index is 0.914. The van der Waals surface area contributed by atoms with Gasteiger partial charge in [-0.15, -0.1) is 0 Å². The fourth-order valence-corrected chi connectivity index (χ4v) is 1.53. The third-order valence-electron chi connectivity index (χ3n) is 2.38. The fraction of sp³-hybridized carbons (Fsp3) is 0.250. The Bertz CT molecular complexity index is 409. The maximum Gasteiger partial charge on any atom is 0.119 e. The van der Waals surface area contributed by atoms with Crippen molar-refractivity contribution in [3.05, 3.63) is 47.8 Å². The number of nitrogens with one attached hydrogen (secondary N) is 1. The molecule has 3 heteroatoms. The Hall–Kier alpha value is -1.77. The number of nitrogens with zero attached hydrogens (tertiary/aromatic N) is 1. The average Bonchev–Trinajstić information content (AvgIpc) is 2.79. The molecular formula is C12H14N2O. The average molecular weight is 202 g/mol. The van der Waals surface area contributed by atoms with E-state index in [9.17, 15) is 0 Å². The van der Waals surface area contributed by atoms with Crippen LogP contribution in [0.1, 0.15) is 11.3 Å². The van der Waals surface area contributed by atoms with Gasteiger partial charge in [0.25, 0.3) is 0 Å². The van der Waals surface area contributed by atoms with Crippen LogP contribution in [-0.2, 0) is 12.8 Å². The molecule has 1 N–H and O–H groups in total. The molecule has 0 bridgehead atoms. The van der Waals surface area contributed by atoms with Crippen LogP contribution in [0.25, 0.3) is 0 Å². The van der Waals surface area contributed by atoms with Crippen molar-refractivity contribution in [2.24, 2.45) is 0 Å². The number of benzene rings is 1. The molecule has 0 unspecified atom stereocenters. The van der Waals surface area contributed by atoms with E-state index in [-0.39, 0.29) is 0 Å². The molecule has 0 aliphatic heterocycles. The Morgan fingerprint density at radius 1 is 1.27 bits per heavy atom. The number of rotatable bonds is 4. The molecule has 0 amide bonds. The maximum atomic E-state index is 5.17. The van der Waals surface area contributed by atoms with E-state index in [1.165, 1.54) is 5.56 Å². The molecular weight excluding hydrogens is 188 g/mol. The number of methoxy groups -OCH3 is 1. The summed E-state index contributed by atoms with van der Waals surface area (Å²) in [6.07, 6.45) is 3.76. The number of hydrogen-bond donors (Lipinski definition) is 1. The second-order valence-corrected chi connectivity index (χ2v) is 3.43. The summed E-state index contributed by atoms with van der Waals surface area (Å²) in [6.45, 7) is 0. The highest BCUT2D eigenvalue weighted by atomic mass is 16.5. The van der Waals surface area contributed by atoms with Crippen LogP contribution in [0.3, 0.4) is 0 Å². The van der Waals surface area contributed by atoms with E-state index in [1.54, 1.807) is 13.3 Å². The van der Waals surface area contributed by atoms with Crippen LogP contribution in [0.15, 0.2) is 36.5 Å². The molecule has 1 aromatic heterocycles. The van der Waals surface area contributed by atoms with Crippen molar-refractivity contribution in [3.8, 4) is 5.75 Å². The molecule has 78 valence electrons. The molecule has 1 heterocycles. The van der Waals surface area contributed by atoms with Gasteiger partial charge in [0.1, 0.15) is 5.75 Å². The lowest BCUT2D eigenvalue weighted by atomic mass is 10.1. The van der Waals surface area contributed by atoms with Gasteiger partial charge in [-0.2, -0.15) is 5.10 Å². The smallest absolute Gasteiger partial charge is 0.119 e. The Morgan fingerprint density at radius 3 is 2.93 bits per heavy atom. The Balaban J connectivity index is 1.98. The number of aromatic nitrogens is 2. The third-order valence-corrected chi connectivity index (χ3v) is 2.38. The summed E-state index contributed by atoms with van der Waals surface area (Å²) in [4.78, 5) is 0. The highest BCUT2D eigenvalue weighted by Gasteiger charge is 1.98. The molecule has 0 saturated heterocycles. The molecule has 1 aromatic carbocycles. The van der Waals surface area contributed by atoms with E-state index in [0.717, 1.165) is 24.3 Å². The number of aromatic amines is 1. The second-order valence-electron chi connectivity index (χ2n) is 3.43. The zero-order chi connectivity index (χ0) is 10.5. The minimum Gasteiger partial charge on any atom is -0.497 e. The van der Waals surface area contributed by atoms with Gasteiger partial charge in [-0.25, -0.2) is 0 Å². The first-order valence-corrected chi connectivity index (χ1v) is 4.99. The standard InChI is InChI=1S/C12H14N2O/c1-15-12-4-2-3-10(9-12)5-6-11-7-8-13-14-11/h2-4,7-9H,5-6H2,1H3,(H,13,14). The van der Waals surface area contributed by atoms with Gasteiger partial charge in [-0.1, -0.05) is 12.1 Å². The summed E-state index contributed by atoms with van der Waals surface area (Å²) < 4.78 is 5.17. The van der Waals surface area contributed by atoms with Gasteiger partial charge < -0.3 is 4.74 Å². The van der Waals surface area contributed by atoms with E-state index >= 15 is 0 Å². The van der Waals surface area contributed by atoms with E-state index in [4.69, 9.17) is 4.74 Å². The first-order chi connectivity index (χ1) is 7.38. The fourth-order valence-electron chi connectivity index (χ4n) is 1.53. The van der Waals surface area contributed by atoms with E-state index in [1.807, 2.05) is 18.2 Å². The highest BCUT2D eigenvalue weighted by Crippen LogP contribution is 2.14. The summed E-state index contributed by atoms with van der Waals surface area (Å²) in [5.41, 5.74) is 2.45. The third kappa shape index (κ3) is 2.59. The number of H-pyrrole nitrogens is 1.